The van der Waals surface area contributed by atoms with E-state index in [4.69, 9.17) is 8.92 Å². The fourth-order valence-corrected chi connectivity index (χ4v) is 5.96. The third kappa shape index (κ3) is 10.5. The van der Waals surface area contributed by atoms with E-state index in [1.54, 1.807) is 36.4 Å². The molecule has 0 heterocycles. The molecular weight excluding hydrogens is 536 g/mol. The second-order valence-electron chi connectivity index (χ2n) is 9.39. The van der Waals surface area contributed by atoms with Crippen LogP contribution in [0.4, 0.5) is 0 Å². The summed E-state index contributed by atoms with van der Waals surface area (Å²) in [6, 6.07) is 21.6. The molecule has 7 nitrogen and oxygen atoms in total. The Morgan fingerprint density at radius 1 is 0.897 bits per heavy atom. The van der Waals surface area contributed by atoms with Gasteiger partial charge in [0.2, 0.25) is 0 Å². The molecule has 3 aromatic rings. The number of hydrogen-bond acceptors (Lipinski definition) is 7. The van der Waals surface area contributed by atoms with E-state index in [2.05, 4.69) is 6.92 Å². The molecule has 0 aliphatic carbocycles. The molecule has 0 saturated carbocycles. The highest BCUT2D eigenvalue weighted by Gasteiger charge is 2.29. The molecule has 2 N–H and O–H groups in total. The van der Waals surface area contributed by atoms with Gasteiger partial charge < -0.3 is 19.1 Å². The number of carboxylic acids is 1. The van der Waals surface area contributed by atoms with E-state index in [0.717, 1.165) is 48.6 Å². The highest BCUT2D eigenvalue weighted by Crippen LogP contribution is 2.34. The molecule has 2 atom stereocenters. The van der Waals surface area contributed by atoms with Crippen LogP contribution in [0.15, 0.2) is 72.8 Å². The van der Waals surface area contributed by atoms with Crippen LogP contribution < -0.4 is 8.92 Å². The van der Waals surface area contributed by atoms with E-state index in [0.29, 0.717) is 24.5 Å². The van der Waals surface area contributed by atoms with Crippen molar-refractivity contribution in [1.29, 1.82) is 0 Å². The minimum absolute atomic E-state index is 0.0924. The van der Waals surface area contributed by atoms with E-state index in [1.165, 1.54) is 11.8 Å². The zero-order valence-corrected chi connectivity index (χ0v) is 23.9. The minimum atomic E-state index is -3.57. The lowest BCUT2D eigenvalue weighted by atomic mass is 9.89. The maximum atomic E-state index is 12.3. The van der Waals surface area contributed by atoms with Crippen LogP contribution in [-0.2, 0) is 27.8 Å². The van der Waals surface area contributed by atoms with Crippen LogP contribution in [-0.4, -0.2) is 48.5 Å². The van der Waals surface area contributed by atoms with Crippen molar-refractivity contribution in [2.45, 2.75) is 50.2 Å². The topological polar surface area (TPSA) is 110 Å². The summed E-state index contributed by atoms with van der Waals surface area (Å²) in [5.74, 6) is 0.862. The molecule has 39 heavy (non-hydrogen) atoms. The van der Waals surface area contributed by atoms with Crippen LogP contribution >= 0.6 is 11.8 Å². The van der Waals surface area contributed by atoms with Gasteiger partial charge in [-0.1, -0.05) is 56.2 Å². The molecule has 2 unspecified atom stereocenters. The van der Waals surface area contributed by atoms with Crippen LogP contribution in [0, 0.1) is 0 Å². The minimum Gasteiger partial charge on any atom is -0.508 e. The van der Waals surface area contributed by atoms with E-state index in [9.17, 15) is 23.4 Å². The van der Waals surface area contributed by atoms with Crippen LogP contribution in [0.2, 0.25) is 0 Å². The van der Waals surface area contributed by atoms with Crippen molar-refractivity contribution in [2.24, 2.45) is 0 Å². The Hall–Kier alpha value is -3.17. The van der Waals surface area contributed by atoms with Crippen molar-refractivity contribution in [3.63, 3.8) is 0 Å². The van der Waals surface area contributed by atoms with Gasteiger partial charge in [-0.3, -0.25) is 4.79 Å². The molecule has 210 valence electrons. The summed E-state index contributed by atoms with van der Waals surface area (Å²) in [5, 5.41) is 19.0. The van der Waals surface area contributed by atoms with Gasteiger partial charge in [0, 0.05) is 12.3 Å². The quantitative estimate of drug-likeness (QED) is 0.200. The molecule has 0 fully saturated rings. The number of unbranched alkanes of at least 4 members (excludes halogenated alkanes) is 1. The molecule has 0 saturated heterocycles. The number of carbonyl (C=O) groups is 1. The van der Waals surface area contributed by atoms with E-state index in [1.807, 2.05) is 36.4 Å². The SMILES string of the molecule is CCCCC(c1ccc(CCOc2ccc(OS(C)(=O)=O)cc2)cc1)C(SCCc1ccc(O)cc1)C(=O)O. The Balaban J connectivity index is 1.58. The van der Waals surface area contributed by atoms with Gasteiger partial charge >= 0.3 is 16.1 Å². The molecule has 0 aromatic heterocycles. The molecule has 0 bridgehead atoms. The summed E-state index contributed by atoms with van der Waals surface area (Å²) in [6.07, 6.45) is 5.16. The number of phenols is 1. The van der Waals surface area contributed by atoms with Gasteiger partial charge in [-0.25, -0.2) is 0 Å². The van der Waals surface area contributed by atoms with Crippen LogP contribution in [0.1, 0.15) is 48.8 Å². The van der Waals surface area contributed by atoms with Crippen molar-refractivity contribution in [2.75, 3.05) is 18.6 Å². The van der Waals surface area contributed by atoms with Crippen LogP contribution in [0.25, 0.3) is 0 Å². The van der Waals surface area contributed by atoms with Crippen molar-refractivity contribution in [3.05, 3.63) is 89.5 Å². The van der Waals surface area contributed by atoms with Crippen molar-refractivity contribution in [3.8, 4) is 17.2 Å². The predicted octanol–water partition coefficient (Wildman–Crippen LogP) is 6.06. The van der Waals surface area contributed by atoms with Crippen LogP contribution in [0.3, 0.4) is 0 Å². The number of benzene rings is 3. The number of rotatable bonds is 16. The number of aromatic hydroxyl groups is 1. The number of carboxylic acid groups (broad SMARTS) is 1. The number of ether oxygens (including phenoxy) is 1. The van der Waals surface area contributed by atoms with Crippen LogP contribution in [0.5, 0.6) is 17.2 Å². The van der Waals surface area contributed by atoms with Crippen molar-refractivity contribution < 1.29 is 32.3 Å². The summed E-state index contributed by atoms with van der Waals surface area (Å²) >= 11 is 1.48. The Kier molecular flexibility index (Phi) is 11.6. The summed E-state index contributed by atoms with van der Waals surface area (Å²) in [7, 11) is -3.57. The maximum Gasteiger partial charge on any atom is 0.317 e. The van der Waals surface area contributed by atoms with Gasteiger partial charge in [0.05, 0.1) is 12.9 Å². The first-order valence-corrected chi connectivity index (χ1v) is 15.8. The third-order valence-electron chi connectivity index (χ3n) is 6.24. The fourth-order valence-electron chi connectivity index (χ4n) is 4.23. The number of hydrogen-bond donors (Lipinski definition) is 2. The van der Waals surface area contributed by atoms with E-state index < -0.39 is 21.3 Å². The normalized spacial score (nSPS) is 13.0. The van der Waals surface area contributed by atoms with Gasteiger partial charge in [-0.2, -0.15) is 8.42 Å². The molecule has 3 aromatic carbocycles. The number of aryl methyl sites for hydroxylation is 1. The predicted molar refractivity (Wildman–Crippen MR) is 156 cm³/mol. The smallest absolute Gasteiger partial charge is 0.317 e. The lowest BCUT2D eigenvalue weighted by Gasteiger charge is -2.24. The molecule has 0 amide bonds. The van der Waals surface area contributed by atoms with Gasteiger partial charge in [0.1, 0.15) is 22.5 Å². The third-order valence-corrected chi connectivity index (χ3v) is 8.06. The summed E-state index contributed by atoms with van der Waals surface area (Å²) < 4.78 is 33.1. The number of phenolic OH excluding ortho intramolecular Hbond substituents is 1. The average Bonchev–Trinajstić information content (AvgIpc) is 2.89. The first-order valence-electron chi connectivity index (χ1n) is 13.0. The Bertz CT molecular complexity index is 1270. The lowest BCUT2D eigenvalue weighted by Crippen LogP contribution is -2.26. The monoisotopic (exact) mass is 572 g/mol. The second-order valence-corrected chi connectivity index (χ2v) is 12.2. The highest BCUT2D eigenvalue weighted by atomic mass is 32.2. The van der Waals surface area contributed by atoms with Gasteiger partial charge in [0.25, 0.3) is 0 Å². The fraction of sp³-hybridized carbons (Fsp3) is 0.367. The maximum absolute atomic E-state index is 12.3. The molecule has 0 aliphatic rings. The van der Waals surface area contributed by atoms with E-state index in [-0.39, 0.29) is 17.4 Å². The second kappa shape index (κ2) is 14.8. The van der Waals surface area contributed by atoms with Gasteiger partial charge in [-0.05, 0) is 71.7 Å². The number of aliphatic carboxylic acids is 1. The highest BCUT2D eigenvalue weighted by molar-refractivity contribution is 8.00. The molecule has 0 spiro atoms. The average molecular weight is 573 g/mol. The Labute approximate surface area is 235 Å². The first-order chi connectivity index (χ1) is 18.6. The molecule has 0 radical (unpaired) electrons. The largest absolute Gasteiger partial charge is 0.508 e. The van der Waals surface area contributed by atoms with Gasteiger partial charge in [-0.15, -0.1) is 11.8 Å². The summed E-state index contributed by atoms with van der Waals surface area (Å²) in [6.45, 7) is 2.55. The van der Waals surface area contributed by atoms with Crippen molar-refractivity contribution >= 4 is 27.8 Å². The Morgan fingerprint density at radius 3 is 2.08 bits per heavy atom. The summed E-state index contributed by atoms with van der Waals surface area (Å²) in [4.78, 5) is 12.3. The zero-order valence-electron chi connectivity index (χ0n) is 22.3. The molecular formula is C30H36O7S2. The zero-order chi connectivity index (χ0) is 28.3. The van der Waals surface area contributed by atoms with Crippen molar-refractivity contribution in [1.82, 2.24) is 0 Å². The molecule has 3 rings (SSSR count). The molecule has 9 heteroatoms. The standard InChI is InChI=1S/C30H36O7S2/c1-3-4-5-28(29(30(32)33)38-21-19-23-8-12-25(31)13-9-23)24-10-6-22(7-11-24)18-20-36-26-14-16-27(17-15-26)37-39(2,34)35/h6-17,28-29,31H,3-5,18-21H2,1-2H3,(H,32,33). The van der Waals surface area contributed by atoms with E-state index >= 15 is 0 Å². The lowest BCUT2D eigenvalue weighted by molar-refractivity contribution is -0.136. The summed E-state index contributed by atoms with van der Waals surface area (Å²) in [5.41, 5.74) is 3.18. The molecule has 0 aliphatic heterocycles. The number of thioether (sulfide) groups is 1. The van der Waals surface area contributed by atoms with Gasteiger partial charge in [0.15, 0.2) is 0 Å². The Morgan fingerprint density at radius 2 is 1.49 bits per heavy atom. The first kappa shape index (κ1) is 30.4.